The largest absolute Gasteiger partial charge is 0.508 e. The highest BCUT2D eigenvalue weighted by atomic mass is 16.3. The number of para-hydroxylation sites is 1. The van der Waals surface area contributed by atoms with E-state index in [9.17, 15) is 10.2 Å². The number of benzene rings is 1. The molecule has 0 aromatic heterocycles. The van der Waals surface area contributed by atoms with Crippen molar-refractivity contribution in [3.63, 3.8) is 0 Å². The number of aromatic hydroxyl groups is 1. The Morgan fingerprint density at radius 3 is 2.53 bits per heavy atom. The van der Waals surface area contributed by atoms with E-state index >= 15 is 0 Å². The van der Waals surface area contributed by atoms with Gasteiger partial charge in [0.05, 0.1) is 6.10 Å². The number of phenolic OH excluding ortho intramolecular Hbond substituents is 1. The molecule has 1 fully saturated rings. The van der Waals surface area contributed by atoms with Crippen molar-refractivity contribution < 1.29 is 10.2 Å². The van der Waals surface area contributed by atoms with E-state index in [1.165, 1.54) is 0 Å². The van der Waals surface area contributed by atoms with Gasteiger partial charge in [-0.2, -0.15) is 0 Å². The first-order valence-corrected chi connectivity index (χ1v) is 5.43. The highest BCUT2D eigenvalue weighted by Crippen LogP contribution is 2.20. The van der Waals surface area contributed by atoms with Gasteiger partial charge in [-0.1, -0.05) is 18.2 Å². The van der Waals surface area contributed by atoms with Crippen molar-refractivity contribution in [1.82, 2.24) is 4.90 Å². The third kappa shape index (κ3) is 2.70. The van der Waals surface area contributed by atoms with E-state index in [0.29, 0.717) is 5.75 Å². The summed E-state index contributed by atoms with van der Waals surface area (Å²) in [5.41, 5.74) is 0.967. The molecule has 1 aromatic rings. The first-order chi connectivity index (χ1) is 7.25. The van der Waals surface area contributed by atoms with Crippen LogP contribution in [0.2, 0.25) is 0 Å². The Morgan fingerprint density at radius 1 is 1.20 bits per heavy atom. The van der Waals surface area contributed by atoms with E-state index in [4.69, 9.17) is 0 Å². The number of aliphatic hydroxyl groups excluding tert-OH is 1. The van der Waals surface area contributed by atoms with Crippen molar-refractivity contribution in [3.8, 4) is 5.75 Å². The number of phenols is 1. The summed E-state index contributed by atoms with van der Waals surface area (Å²) < 4.78 is 0. The van der Waals surface area contributed by atoms with Gasteiger partial charge in [0.1, 0.15) is 5.75 Å². The highest BCUT2D eigenvalue weighted by Gasteiger charge is 2.17. The summed E-state index contributed by atoms with van der Waals surface area (Å²) in [6.45, 7) is 2.60. The summed E-state index contributed by atoms with van der Waals surface area (Å²) in [4.78, 5) is 2.27. The van der Waals surface area contributed by atoms with E-state index in [1.54, 1.807) is 6.07 Å². The minimum atomic E-state index is -0.134. The van der Waals surface area contributed by atoms with Gasteiger partial charge in [-0.15, -0.1) is 0 Å². The minimum Gasteiger partial charge on any atom is -0.508 e. The van der Waals surface area contributed by atoms with E-state index in [1.807, 2.05) is 18.2 Å². The van der Waals surface area contributed by atoms with Gasteiger partial charge in [-0.25, -0.2) is 0 Å². The maximum atomic E-state index is 9.62. The van der Waals surface area contributed by atoms with E-state index in [0.717, 1.165) is 38.0 Å². The molecule has 0 radical (unpaired) electrons. The molecule has 0 bridgehead atoms. The molecule has 2 N–H and O–H groups in total. The Morgan fingerprint density at radius 2 is 1.87 bits per heavy atom. The zero-order chi connectivity index (χ0) is 10.7. The van der Waals surface area contributed by atoms with Crippen LogP contribution in [0.4, 0.5) is 0 Å². The topological polar surface area (TPSA) is 43.7 Å². The zero-order valence-electron chi connectivity index (χ0n) is 8.76. The van der Waals surface area contributed by atoms with Gasteiger partial charge in [0, 0.05) is 25.2 Å². The summed E-state index contributed by atoms with van der Waals surface area (Å²) in [6, 6.07) is 7.43. The first-order valence-electron chi connectivity index (χ1n) is 5.43. The molecule has 0 unspecified atom stereocenters. The van der Waals surface area contributed by atoms with Crippen molar-refractivity contribution >= 4 is 0 Å². The monoisotopic (exact) mass is 207 g/mol. The van der Waals surface area contributed by atoms with E-state index < -0.39 is 0 Å². The van der Waals surface area contributed by atoms with Crippen molar-refractivity contribution in [1.29, 1.82) is 0 Å². The molecule has 1 aliphatic rings. The van der Waals surface area contributed by atoms with Crippen LogP contribution in [0, 0.1) is 0 Å². The molecule has 1 saturated heterocycles. The predicted molar refractivity (Wildman–Crippen MR) is 58.6 cm³/mol. The summed E-state index contributed by atoms with van der Waals surface area (Å²) >= 11 is 0. The van der Waals surface area contributed by atoms with Crippen LogP contribution in [-0.4, -0.2) is 34.3 Å². The Kier molecular flexibility index (Phi) is 3.23. The van der Waals surface area contributed by atoms with Crippen molar-refractivity contribution in [2.24, 2.45) is 0 Å². The fraction of sp³-hybridized carbons (Fsp3) is 0.500. The fourth-order valence-corrected chi connectivity index (χ4v) is 1.96. The molecular weight excluding hydrogens is 190 g/mol. The number of likely N-dealkylation sites (tertiary alicyclic amines) is 1. The Bertz CT molecular complexity index is 319. The lowest BCUT2D eigenvalue weighted by molar-refractivity contribution is 0.0789. The third-order valence-electron chi connectivity index (χ3n) is 2.94. The van der Waals surface area contributed by atoms with Crippen molar-refractivity contribution in [2.75, 3.05) is 13.1 Å². The highest BCUT2D eigenvalue weighted by molar-refractivity contribution is 5.31. The van der Waals surface area contributed by atoms with E-state index in [2.05, 4.69) is 4.90 Å². The number of piperidine rings is 1. The number of nitrogens with zero attached hydrogens (tertiary/aromatic N) is 1. The van der Waals surface area contributed by atoms with Crippen LogP contribution < -0.4 is 0 Å². The molecule has 1 heterocycles. The molecule has 0 amide bonds. The standard InChI is InChI=1S/C12H17NO2/c14-11-5-7-13(8-6-11)9-10-3-1-2-4-12(10)15/h1-4,11,14-15H,5-9H2. The molecule has 2 rings (SSSR count). The van der Waals surface area contributed by atoms with Crippen LogP contribution in [0.1, 0.15) is 18.4 Å². The fourth-order valence-electron chi connectivity index (χ4n) is 1.96. The lowest BCUT2D eigenvalue weighted by atomic mass is 10.1. The van der Waals surface area contributed by atoms with Crippen LogP contribution in [0.15, 0.2) is 24.3 Å². The van der Waals surface area contributed by atoms with Crippen LogP contribution >= 0.6 is 0 Å². The van der Waals surface area contributed by atoms with Gasteiger partial charge < -0.3 is 10.2 Å². The predicted octanol–water partition coefficient (Wildman–Crippen LogP) is 1.35. The summed E-state index contributed by atoms with van der Waals surface area (Å²) in [7, 11) is 0. The lowest BCUT2D eigenvalue weighted by Crippen LogP contribution is -2.35. The maximum absolute atomic E-state index is 9.62. The second-order valence-corrected chi connectivity index (χ2v) is 4.14. The second kappa shape index (κ2) is 4.64. The first kappa shape index (κ1) is 10.5. The smallest absolute Gasteiger partial charge is 0.120 e. The summed E-state index contributed by atoms with van der Waals surface area (Å²) in [6.07, 6.45) is 1.55. The zero-order valence-corrected chi connectivity index (χ0v) is 8.76. The molecule has 0 saturated carbocycles. The van der Waals surface area contributed by atoms with Crippen LogP contribution in [0.3, 0.4) is 0 Å². The molecule has 3 nitrogen and oxygen atoms in total. The molecule has 82 valence electrons. The van der Waals surface area contributed by atoms with Gasteiger partial charge >= 0.3 is 0 Å². The van der Waals surface area contributed by atoms with Crippen molar-refractivity contribution in [2.45, 2.75) is 25.5 Å². The summed E-state index contributed by atoms with van der Waals surface area (Å²) in [5, 5.41) is 19.0. The number of rotatable bonds is 2. The Hall–Kier alpha value is -1.06. The summed E-state index contributed by atoms with van der Waals surface area (Å²) in [5.74, 6) is 0.364. The average Bonchev–Trinajstić information content (AvgIpc) is 2.25. The van der Waals surface area contributed by atoms with Gasteiger partial charge in [-0.05, 0) is 18.9 Å². The number of aliphatic hydroxyl groups is 1. The molecule has 0 spiro atoms. The quantitative estimate of drug-likeness (QED) is 0.769. The normalized spacial score (nSPS) is 19.3. The molecule has 1 aliphatic heterocycles. The lowest BCUT2D eigenvalue weighted by Gasteiger charge is -2.29. The van der Waals surface area contributed by atoms with Gasteiger partial charge in [0.2, 0.25) is 0 Å². The van der Waals surface area contributed by atoms with Gasteiger partial charge in [-0.3, -0.25) is 4.90 Å². The van der Waals surface area contributed by atoms with Crippen LogP contribution in [0.5, 0.6) is 5.75 Å². The molecule has 0 aliphatic carbocycles. The minimum absolute atomic E-state index is 0.134. The van der Waals surface area contributed by atoms with Crippen LogP contribution in [0.25, 0.3) is 0 Å². The maximum Gasteiger partial charge on any atom is 0.120 e. The molecule has 0 atom stereocenters. The van der Waals surface area contributed by atoms with Gasteiger partial charge in [0.25, 0.3) is 0 Å². The molecule has 1 aromatic carbocycles. The van der Waals surface area contributed by atoms with Crippen molar-refractivity contribution in [3.05, 3.63) is 29.8 Å². The third-order valence-corrected chi connectivity index (χ3v) is 2.94. The molecular formula is C12H17NO2. The number of hydrogen-bond acceptors (Lipinski definition) is 3. The van der Waals surface area contributed by atoms with Gasteiger partial charge in [0.15, 0.2) is 0 Å². The number of hydrogen-bond donors (Lipinski definition) is 2. The Labute approximate surface area is 90.0 Å². The molecule has 3 heteroatoms. The SMILES string of the molecule is Oc1ccccc1CN1CCC(O)CC1. The molecule has 15 heavy (non-hydrogen) atoms. The average molecular weight is 207 g/mol. The van der Waals surface area contributed by atoms with E-state index in [-0.39, 0.29) is 6.10 Å². The van der Waals surface area contributed by atoms with Crippen LogP contribution in [-0.2, 0) is 6.54 Å². The Balaban J connectivity index is 1.95. The second-order valence-electron chi connectivity index (χ2n) is 4.14.